The molecule has 0 radical (unpaired) electrons. The third-order valence-electron chi connectivity index (χ3n) is 4.62. The second-order valence-electron chi connectivity index (χ2n) is 6.27. The van der Waals surface area contributed by atoms with Crippen LogP contribution in [-0.2, 0) is 4.79 Å². The van der Waals surface area contributed by atoms with Crippen molar-refractivity contribution in [3.8, 4) is 0 Å². The molecule has 1 fully saturated rings. The molecule has 4 nitrogen and oxygen atoms in total. The number of nitrogens with zero attached hydrogens (tertiary/aromatic N) is 2. The van der Waals surface area contributed by atoms with Gasteiger partial charge < -0.3 is 5.32 Å². The number of carbonyl (C=O) groups excluding carboxylic acids is 1. The summed E-state index contributed by atoms with van der Waals surface area (Å²) in [6.45, 7) is 4.39. The van der Waals surface area contributed by atoms with Gasteiger partial charge in [-0.25, -0.2) is 0 Å². The zero-order valence-corrected chi connectivity index (χ0v) is 14.1. The third kappa shape index (κ3) is 4.56. The van der Waals surface area contributed by atoms with Gasteiger partial charge >= 0.3 is 0 Å². The lowest BCUT2D eigenvalue weighted by atomic mass is 10.0. The Morgan fingerprint density at radius 3 is 2.70 bits per heavy atom. The fourth-order valence-corrected chi connectivity index (χ4v) is 3.49. The van der Waals surface area contributed by atoms with Crippen LogP contribution in [0.3, 0.4) is 0 Å². The van der Waals surface area contributed by atoms with E-state index in [4.69, 9.17) is 11.6 Å². The van der Waals surface area contributed by atoms with Crippen molar-refractivity contribution in [2.45, 2.75) is 25.3 Å². The van der Waals surface area contributed by atoms with E-state index < -0.39 is 0 Å². The van der Waals surface area contributed by atoms with Crippen molar-refractivity contribution < 1.29 is 4.79 Å². The van der Waals surface area contributed by atoms with Crippen LogP contribution in [0.1, 0.15) is 19.3 Å². The molecule has 0 unspecified atom stereocenters. The van der Waals surface area contributed by atoms with Crippen LogP contribution in [0.2, 0.25) is 5.02 Å². The summed E-state index contributed by atoms with van der Waals surface area (Å²) in [5.74, 6) is 0.00381. The van der Waals surface area contributed by atoms with Crippen LogP contribution in [0, 0.1) is 0 Å². The van der Waals surface area contributed by atoms with E-state index in [-0.39, 0.29) is 5.91 Å². The van der Waals surface area contributed by atoms with Crippen molar-refractivity contribution in [1.29, 1.82) is 0 Å². The number of rotatable bonds is 4. The number of hydrogen-bond donors (Lipinski definition) is 1. The van der Waals surface area contributed by atoms with Gasteiger partial charge in [-0.1, -0.05) is 35.9 Å². The van der Waals surface area contributed by atoms with E-state index in [0.29, 0.717) is 23.3 Å². The monoisotopic (exact) mass is 333 g/mol. The second kappa shape index (κ2) is 7.95. The Labute approximate surface area is 143 Å². The maximum atomic E-state index is 12.2. The molecule has 1 saturated heterocycles. The largest absolute Gasteiger partial charge is 0.324 e. The van der Waals surface area contributed by atoms with Crippen LogP contribution in [0.25, 0.3) is 0 Å². The summed E-state index contributed by atoms with van der Waals surface area (Å²) in [7, 11) is 0. The summed E-state index contributed by atoms with van der Waals surface area (Å²) in [6.07, 6.45) is 8.44. The molecule has 5 heteroatoms. The number of nitrogens with one attached hydrogen (secondary N) is 1. The molecular formula is C18H24ClN3O. The maximum absolute atomic E-state index is 12.2. The summed E-state index contributed by atoms with van der Waals surface area (Å²) in [4.78, 5) is 16.9. The standard InChI is InChI=1S/C18H24ClN3O/c19-16-8-4-5-9-17(16)20-18(23)14-21-10-12-22(13-11-21)15-6-2-1-3-7-15/h2,4-6,8-9,15H,1,3,7,10-14H2,(H,20,23)/t15-/m0/s1. The number of amides is 1. The smallest absolute Gasteiger partial charge is 0.238 e. The quantitative estimate of drug-likeness (QED) is 0.860. The molecule has 1 heterocycles. The number of benzene rings is 1. The zero-order chi connectivity index (χ0) is 16.1. The van der Waals surface area contributed by atoms with E-state index in [1.165, 1.54) is 19.3 Å². The Morgan fingerprint density at radius 2 is 2.00 bits per heavy atom. The maximum Gasteiger partial charge on any atom is 0.238 e. The van der Waals surface area contributed by atoms with Crippen LogP contribution in [0.5, 0.6) is 0 Å². The van der Waals surface area contributed by atoms with Crippen molar-refractivity contribution in [2.24, 2.45) is 0 Å². The zero-order valence-electron chi connectivity index (χ0n) is 13.4. The summed E-state index contributed by atoms with van der Waals surface area (Å²) in [6, 6.07) is 7.94. The van der Waals surface area contributed by atoms with Gasteiger partial charge in [0, 0.05) is 32.2 Å². The van der Waals surface area contributed by atoms with E-state index in [1.807, 2.05) is 18.2 Å². The van der Waals surface area contributed by atoms with Crippen LogP contribution >= 0.6 is 11.6 Å². The van der Waals surface area contributed by atoms with Gasteiger partial charge in [0.1, 0.15) is 0 Å². The number of halogens is 1. The molecule has 124 valence electrons. The van der Waals surface area contributed by atoms with E-state index in [2.05, 4.69) is 27.3 Å². The molecule has 0 bridgehead atoms. The molecule has 0 aromatic heterocycles. The van der Waals surface area contributed by atoms with Crippen LogP contribution in [0.15, 0.2) is 36.4 Å². The van der Waals surface area contributed by atoms with Gasteiger partial charge in [-0.15, -0.1) is 0 Å². The number of piperazine rings is 1. The minimum atomic E-state index is 0.00381. The summed E-state index contributed by atoms with van der Waals surface area (Å²) in [5.41, 5.74) is 0.685. The Balaban J connectivity index is 1.45. The Hall–Kier alpha value is -1.36. The Kier molecular flexibility index (Phi) is 5.70. The molecule has 0 saturated carbocycles. The SMILES string of the molecule is O=C(CN1CCN([C@H]2C=CCCC2)CC1)Nc1ccccc1Cl. The van der Waals surface area contributed by atoms with E-state index in [9.17, 15) is 4.79 Å². The Bertz CT molecular complexity index is 567. The number of para-hydroxylation sites is 1. The molecule has 1 N–H and O–H groups in total. The molecule has 1 aliphatic heterocycles. The summed E-state index contributed by atoms with van der Waals surface area (Å²) >= 11 is 6.07. The number of allylic oxidation sites excluding steroid dienone is 1. The van der Waals surface area contributed by atoms with Gasteiger partial charge in [-0.2, -0.15) is 0 Å². The number of hydrogen-bond acceptors (Lipinski definition) is 3. The minimum Gasteiger partial charge on any atom is -0.324 e. The van der Waals surface area contributed by atoms with Crippen molar-refractivity contribution in [1.82, 2.24) is 9.80 Å². The fraction of sp³-hybridized carbons (Fsp3) is 0.500. The fourth-order valence-electron chi connectivity index (χ4n) is 3.31. The number of carbonyl (C=O) groups is 1. The van der Waals surface area contributed by atoms with Gasteiger partial charge in [0.25, 0.3) is 0 Å². The molecule has 1 amide bonds. The van der Waals surface area contributed by atoms with Crippen molar-refractivity contribution in [2.75, 3.05) is 38.0 Å². The normalized spacial score (nSPS) is 22.9. The topological polar surface area (TPSA) is 35.6 Å². The van der Waals surface area contributed by atoms with Crippen LogP contribution in [0.4, 0.5) is 5.69 Å². The first kappa shape index (κ1) is 16.5. The average Bonchev–Trinajstić information content (AvgIpc) is 2.58. The van der Waals surface area contributed by atoms with Crippen LogP contribution < -0.4 is 5.32 Å². The van der Waals surface area contributed by atoms with Crippen molar-refractivity contribution >= 4 is 23.2 Å². The van der Waals surface area contributed by atoms with Crippen molar-refractivity contribution in [3.05, 3.63) is 41.4 Å². The first-order valence-electron chi connectivity index (χ1n) is 8.40. The molecule has 2 aliphatic rings. The van der Waals surface area contributed by atoms with Crippen molar-refractivity contribution in [3.63, 3.8) is 0 Å². The lowest BCUT2D eigenvalue weighted by Gasteiger charge is -2.38. The number of anilines is 1. The average molecular weight is 334 g/mol. The third-order valence-corrected chi connectivity index (χ3v) is 4.95. The molecule has 0 spiro atoms. The summed E-state index contributed by atoms with van der Waals surface area (Å²) in [5, 5.41) is 3.47. The lowest BCUT2D eigenvalue weighted by Crippen LogP contribution is -2.51. The predicted octanol–water partition coefficient (Wildman–Crippen LogP) is 3.00. The molecule has 1 aromatic rings. The highest BCUT2D eigenvalue weighted by atomic mass is 35.5. The molecular weight excluding hydrogens is 310 g/mol. The summed E-state index contributed by atoms with van der Waals surface area (Å²) < 4.78 is 0. The highest BCUT2D eigenvalue weighted by Gasteiger charge is 2.24. The lowest BCUT2D eigenvalue weighted by molar-refractivity contribution is -0.117. The molecule has 1 atom stereocenters. The Morgan fingerprint density at radius 1 is 1.22 bits per heavy atom. The highest BCUT2D eigenvalue weighted by Crippen LogP contribution is 2.21. The van der Waals surface area contributed by atoms with E-state index in [0.717, 1.165) is 26.2 Å². The van der Waals surface area contributed by atoms with Crippen LogP contribution in [-0.4, -0.2) is 54.5 Å². The van der Waals surface area contributed by atoms with Gasteiger partial charge in [0.15, 0.2) is 0 Å². The van der Waals surface area contributed by atoms with Gasteiger partial charge in [0.2, 0.25) is 5.91 Å². The van der Waals surface area contributed by atoms with Gasteiger partial charge in [-0.3, -0.25) is 14.6 Å². The minimum absolute atomic E-state index is 0.00381. The molecule has 1 aromatic carbocycles. The predicted molar refractivity (Wildman–Crippen MR) is 94.9 cm³/mol. The van der Waals surface area contributed by atoms with Gasteiger partial charge in [-0.05, 0) is 31.4 Å². The van der Waals surface area contributed by atoms with Gasteiger partial charge in [0.05, 0.1) is 17.3 Å². The highest BCUT2D eigenvalue weighted by molar-refractivity contribution is 6.33. The van der Waals surface area contributed by atoms with E-state index >= 15 is 0 Å². The molecule has 23 heavy (non-hydrogen) atoms. The molecule has 3 rings (SSSR count). The first-order valence-corrected chi connectivity index (χ1v) is 8.77. The van der Waals surface area contributed by atoms with E-state index in [1.54, 1.807) is 6.07 Å². The second-order valence-corrected chi connectivity index (χ2v) is 6.67. The molecule has 1 aliphatic carbocycles. The first-order chi connectivity index (χ1) is 11.2.